The lowest BCUT2D eigenvalue weighted by molar-refractivity contribution is -0.116. The second-order valence-corrected chi connectivity index (χ2v) is 8.90. The number of thiophene rings is 1. The van der Waals surface area contributed by atoms with E-state index in [4.69, 9.17) is 5.11 Å². The molecule has 8 heteroatoms. The fourth-order valence-electron chi connectivity index (χ4n) is 2.70. The molecule has 0 spiro atoms. The molecule has 1 aliphatic rings. The number of hydrogen-bond acceptors (Lipinski definition) is 5. The van der Waals surface area contributed by atoms with Gasteiger partial charge in [0.1, 0.15) is 10.1 Å². The van der Waals surface area contributed by atoms with Crippen LogP contribution in [0, 0.1) is 0 Å². The van der Waals surface area contributed by atoms with Crippen LogP contribution in [-0.4, -0.2) is 36.4 Å². The van der Waals surface area contributed by atoms with Crippen LogP contribution in [-0.2, 0) is 14.6 Å². The molecule has 1 saturated heterocycles. The lowest BCUT2D eigenvalue weighted by Gasteiger charge is -2.21. The monoisotopic (exact) mass is 353 g/mol. The summed E-state index contributed by atoms with van der Waals surface area (Å²) in [7, 11) is -3.38. The van der Waals surface area contributed by atoms with Crippen molar-refractivity contribution in [3.05, 3.63) is 29.1 Å². The van der Waals surface area contributed by atoms with Crippen molar-refractivity contribution < 1.29 is 23.1 Å². The van der Waals surface area contributed by atoms with Crippen molar-refractivity contribution in [2.45, 2.75) is 24.5 Å². The summed E-state index contributed by atoms with van der Waals surface area (Å²) in [4.78, 5) is 23.5. The van der Waals surface area contributed by atoms with Gasteiger partial charge in [0.15, 0.2) is 9.84 Å². The van der Waals surface area contributed by atoms with Crippen LogP contribution in [0.25, 0.3) is 10.1 Å². The summed E-state index contributed by atoms with van der Waals surface area (Å²) in [6.07, 6.45) is 1.67. The van der Waals surface area contributed by atoms with Gasteiger partial charge < -0.3 is 10.4 Å². The molecule has 6 nitrogen and oxygen atoms in total. The summed E-state index contributed by atoms with van der Waals surface area (Å²) in [5.41, 5.74) is 0.470. The van der Waals surface area contributed by atoms with Crippen LogP contribution in [0.4, 0.5) is 5.69 Å². The van der Waals surface area contributed by atoms with E-state index in [1.165, 1.54) is 6.07 Å². The summed E-state index contributed by atoms with van der Waals surface area (Å²) in [6, 6.07) is 6.57. The van der Waals surface area contributed by atoms with Gasteiger partial charge >= 0.3 is 5.97 Å². The average molecular weight is 353 g/mol. The van der Waals surface area contributed by atoms with E-state index in [-0.39, 0.29) is 10.6 Å². The summed E-state index contributed by atoms with van der Waals surface area (Å²) in [6.45, 7) is 0. The van der Waals surface area contributed by atoms with Crippen LogP contribution in [0.3, 0.4) is 0 Å². The number of amides is 1. The minimum Gasteiger partial charge on any atom is -0.477 e. The molecule has 1 amide bonds. The number of carbonyl (C=O) groups is 2. The maximum Gasteiger partial charge on any atom is 0.345 e. The predicted molar refractivity (Wildman–Crippen MR) is 88.8 cm³/mol. The van der Waals surface area contributed by atoms with Crippen molar-refractivity contribution in [3.63, 3.8) is 0 Å². The van der Waals surface area contributed by atoms with Gasteiger partial charge in [-0.05, 0) is 42.5 Å². The van der Waals surface area contributed by atoms with Gasteiger partial charge in [-0.3, -0.25) is 4.79 Å². The third kappa shape index (κ3) is 3.23. The molecular formula is C15H15NO5S2. The second kappa shape index (κ2) is 5.93. The fourth-order valence-corrected chi connectivity index (χ4v) is 5.38. The van der Waals surface area contributed by atoms with Gasteiger partial charge in [0.2, 0.25) is 5.91 Å². The smallest absolute Gasteiger partial charge is 0.345 e. The standard InChI is InChI=1S/C15H15NO5S2/c17-14(13-3-1-2-6-23(13,20)21)16-10-4-5-11-9(7-10)8-12(22-11)15(18)19/h4-5,7-8,13H,1-3,6H2,(H,16,17)(H,18,19). The first kappa shape index (κ1) is 15.9. The van der Waals surface area contributed by atoms with E-state index < -0.39 is 27.0 Å². The van der Waals surface area contributed by atoms with E-state index in [1.54, 1.807) is 18.2 Å². The minimum absolute atomic E-state index is 0.0522. The third-order valence-electron chi connectivity index (χ3n) is 3.87. The predicted octanol–water partition coefficient (Wildman–Crippen LogP) is 2.51. The number of hydrogen-bond donors (Lipinski definition) is 2. The van der Waals surface area contributed by atoms with Crippen LogP contribution in [0.2, 0.25) is 0 Å². The van der Waals surface area contributed by atoms with Crippen molar-refractivity contribution >= 4 is 48.8 Å². The van der Waals surface area contributed by atoms with Crippen LogP contribution >= 0.6 is 11.3 Å². The molecule has 2 heterocycles. The largest absolute Gasteiger partial charge is 0.477 e. The lowest BCUT2D eigenvalue weighted by atomic mass is 10.1. The average Bonchev–Trinajstić information content (AvgIpc) is 2.90. The van der Waals surface area contributed by atoms with Crippen molar-refractivity contribution in [2.75, 3.05) is 11.1 Å². The number of nitrogens with one attached hydrogen (secondary N) is 1. The molecule has 1 unspecified atom stereocenters. The van der Waals surface area contributed by atoms with Gasteiger partial charge in [0, 0.05) is 10.4 Å². The molecule has 0 saturated carbocycles. The quantitative estimate of drug-likeness (QED) is 0.883. The summed E-state index contributed by atoms with van der Waals surface area (Å²) >= 11 is 1.15. The molecule has 1 aromatic heterocycles. The first-order chi connectivity index (χ1) is 10.9. The summed E-state index contributed by atoms with van der Waals surface area (Å²) in [5, 5.41) is 11.3. The number of carboxylic acid groups (broad SMARTS) is 1. The number of sulfone groups is 1. The molecule has 0 aliphatic carbocycles. The highest BCUT2D eigenvalue weighted by Gasteiger charge is 2.34. The van der Waals surface area contributed by atoms with Crippen LogP contribution < -0.4 is 5.32 Å². The number of aromatic carboxylic acids is 1. The van der Waals surface area contributed by atoms with E-state index in [1.807, 2.05) is 0 Å². The summed E-state index contributed by atoms with van der Waals surface area (Å²) < 4.78 is 24.8. The molecule has 0 radical (unpaired) electrons. The zero-order valence-electron chi connectivity index (χ0n) is 12.1. The van der Waals surface area contributed by atoms with Crippen LogP contribution in [0.1, 0.15) is 28.9 Å². The Bertz CT molecular complexity index is 884. The van der Waals surface area contributed by atoms with Gasteiger partial charge in [0.05, 0.1) is 5.75 Å². The Hall–Kier alpha value is -1.93. The molecule has 2 aromatic rings. The highest BCUT2D eigenvalue weighted by Crippen LogP contribution is 2.29. The molecule has 3 rings (SSSR count). The van der Waals surface area contributed by atoms with Gasteiger partial charge in [-0.1, -0.05) is 6.42 Å². The Labute approximate surface area is 137 Å². The zero-order valence-corrected chi connectivity index (χ0v) is 13.7. The normalized spacial score (nSPS) is 20.3. The first-order valence-electron chi connectivity index (χ1n) is 7.16. The van der Waals surface area contributed by atoms with E-state index in [0.29, 0.717) is 23.9 Å². The van der Waals surface area contributed by atoms with Gasteiger partial charge in [-0.15, -0.1) is 11.3 Å². The number of benzene rings is 1. The lowest BCUT2D eigenvalue weighted by Crippen LogP contribution is -2.39. The highest BCUT2D eigenvalue weighted by atomic mass is 32.2. The van der Waals surface area contributed by atoms with Gasteiger partial charge in [0.25, 0.3) is 0 Å². The minimum atomic E-state index is -3.38. The Morgan fingerprint density at radius 2 is 2.00 bits per heavy atom. The molecular weight excluding hydrogens is 338 g/mol. The van der Waals surface area contributed by atoms with E-state index in [0.717, 1.165) is 22.5 Å². The molecule has 23 heavy (non-hydrogen) atoms. The summed E-state index contributed by atoms with van der Waals surface area (Å²) in [5.74, 6) is -1.46. The Balaban J connectivity index is 1.83. The SMILES string of the molecule is O=C(O)c1cc2cc(NC(=O)C3CCCCS3(=O)=O)ccc2s1. The maximum absolute atomic E-state index is 12.3. The van der Waals surface area contributed by atoms with Crippen LogP contribution in [0.15, 0.2) is 24.3 Å². The number of anilines is 1. The van der Waals surface area contributed by atoms with Crippen molar-refractivity contribution in [2.24, 2.45) is 0 Å². The third-order valence-corrected chi connectivity index (χ3v) is 7.14. The van der Waals surface area contributed by atoms with Crippen LogP contribution in [0.5, 0.6) is 0 Å². The van der Waals surface area contributed by atoms with Crippen molar-refractivity contribution in [1.29, 1.82) is 0 Å². The Morgan fingerprint density at radius 3 is 2.70 bits per heavy atom. The molecule has 2 N–H and O–H groups in total. The maximum atomic E-state index is 12.3. The van der Waals surface area contributed by atoms with Crippen molar-refractivity contribution in [3.8, 4) is 0 Å². The number of rotatable bonds is 3. The molecule has 1 atom stereocenters. The Kier molecular flexibility index (Phi) is 4.11. The zero-order chi connectivity index (χ0) is 16.6. The fraction of sp³-hybridized carbons (Fsp3) is 0.333. The number of carbonyl (C=O) groups excluding carboxylic acids is 1. The van der Waals surface area contributed by atoms with E-state index >= 15 is 0 Å². The van der Waals surface area contributed by atoms with Crippen molar-refractivity contribution in [1.82, 2.24) is 0 Å². The van der Waals surface area contributed by atoms with Gasteiger partial charge in [-0.25, -0.2) is 13.2 Å². The van der Waals surface area contributed by atoms with E-state index in [9.17, 15) is 18.0 Å². The topological polar surface area (TPSA) is 101 Å². The molecule has 1 fully saturated rings. The second-order valence-electron chi connectivity index (χ2n) is 5.51. The number of carboxylic acids is 1. The van der Waals surface area contributed by atoms with E-state index in [2.05, 4.69) is 5.32 Å². The first-order valence-corrected chi connectivity index (χ1v) is 9.69. The number of fused-ring (bicyclic) bond motifs is 1. The molecule has 0 bridgehead atoms. The highest BCUT2D eigenvalue weighted by molar-refractivity contribution is 7.92. The molecule has 1 aromatic carbocycles. The molecule has 122 valence electrons. The van der Waals surface area contributed by atoms with Gasteiger partial charge in [-0.2, -0.15) is 0 Å². The molecule has 1 aliphatic heterocycles. The Morgan fingerprint density at radius 1 is 1.22 bits per heavy atom.